The summed E-state index contributed by atoms with van der Waals surface area (Å²) < 4.78 is 24.2. The SMILES string of the molecule is NS(=O)(=O)NCC1CCCN(C(=O)NC2CCCCC2)C1. The minimum atomic E-state index is -3.65. The molecule has 2 rings (SSSR count). The Hall–Kier alpha value is -0.860. The van der Waals surface area contributed by atoms with Crippen molar-refractivity contribution in [2.75, 3.05) is 19.6 Å². The molecule has 4 N–H and O–H groups in total. The first-order chi connectivity index (χ1) is 9.94. The van der Waals surface area contributed by atoms with E-state index in [1.165, 1.54) is 19.3 Å². The molecule has 0 aromatic heterocycles. The largest absolute Gasteiger partial charge is 0.335 e. The summed E-state index contributed by atoms with van der Waals surface area (Å²) in [7, 11) is -3.65. The highest BCUT2D eigenvalue weighted by molar-refractivity contribution is 7.87. The Balaban J connectivity index is 1.78. The van der Waals surface area contributed by atoms with Crippen LogP contribution in [0.2, 0.25) is 0 Å². The first-order valence-electron chi connectivity index (χ1n) is 7.77. The number of hydrogen-bond donors (Lipinski definition) is 3. The molecular formula is C13H26N4O3S. The second-order valence-corrected chi connectivity index (χ2v) is 7.51. The van der Waals surface area contributed by atoms with E-state index in [4.69, 9.17) is 5.14 Å². The summed E-state index contributed by atoms with van der Waals surface area (Å²) in [6.07, 6.45) is 7.58. The number of nitrogens with one attached hydrogen (secondary N) is 2. The second kappa shape index (κ2) is 7.42. The van der Waals surface area contributed by atoms with Gasteiger partial charge in [-0.1, -0.05) is 19.3 Å². The molecule has 0 bridgehead atoms. The van der Waals surface area contributed by atoms with Gasteiger partial charge in [0.15, 0.2) is 0 Å². The zero-order valence-corrected chi connectivity index (χ0v) is 13.2. The number of nitrogens with two attached hydrogens (primary N) is 1. The zero-order valence-electron chi connectivity index (χ0n) is 12.4. The van der Waals surface area contributed by atoms with Gasteiger partial charge in [0.1, 0.15) is 0 Å². The van der Waals surface area contributed by atoms with Gasteiger partial charge in [0.05, 0.1) is 0 Å². The van der Waals surface area contributed by atoms with Crippen molar-refractivity contribution in [3.8, 4) is 0 Å². The maximum Gasteiger partial charge on any atom is 0.317 e. The van der Waals surface area contributed by atoms with Gasteiger partial charge >= 0.3 is 6.03 Å². The average molecular weight is 318 g/mol. The molecule has 0 aromatic rings. The van der Waals surface area contributed by atoms with Gasteiger partial charge in [0.2, 0.25) is 0 Å². The van der Waals surface area contributed by atoms with E-state index in [2.05, 4.69) is 10.0 Å². The van der Waals surface area contributed by atoms with Crippen LogP contribution in [0.25, 0.3) is 0 Å². The molecule has 1 unspecified atom stereocenters. The Morgan fingerprint density at radius 1 is 1.14 bits per heavy atom. The molecule has 1 saturated carbocycles. The van der Waals surface area contributed by atoms with Crippen LogP contribution in [-0.4, -0.2) is 45.0 Å². The van der Waals surface area contributed by atoms with Gasteiger partial charge in [0, 0.05) is 25.7 Å². The van der Waals surface area contributed by atoms with Crippen molar-refractivity contribution in [2.24, 2.45) is 11.1 Å². The summed E-state index contributed by atoms with van der Waals surface area (Å²) in [5.41, 5.74) is 0. The summed E-state index contributed by atoms with van der Waals surface area (Å²) in [4.78, 5) is 14.1. The Morgan fingerprint density at radius 3 is 2.52 bits per heavy atom. The van der Waals surface area contributed by atoms with Crippen LogP contribution < -0.4 is 15.2 Å². The second-order valence-electron chi connectivity index (χ2n) is 6.13. The highest BCUT2D eigenvalue weighted by Crippen LogP contribution is 2.19. The number of likely N-dealkylation sites (tertiary alicyclic amines) is 1. The number of carbonyl (C=O) groups is 1. The molecule has 122 valence electrons. The molecule has 0 radical (unpaired) electrons. The zero-order chi connectivity index (χ0) is 15.3. The predicted molar refractivity (Wildman–Crippen MR) is 80.8 cm³/mol. The van der Waals surface area contributed by atoms with Crippen molar-refractivity contribution in [3.63, 3.8) is 0 Å². The highest BCUT2D eigenvalue weighted by atomic mass is 32.2. The number of nitrogens with zero attached hydrogens (tertiary/aromatic N) is 1. The summed E-state index contributed by atoms with van der Waals surface area (Å²) in [5, 5.41) is 8.04. The molecule has 8 heteroatoms. The van der Waals surface area contributed by atoms with Crippen LogP contribution in [0.15, 0.2) is 0 Å². The van der Waals surface area contributed by atoms with Crippen molar-refractivity contribution >= 4 is 16.2 Å². The van der Waals surface area contributed by atoms with Crippen molar-refractivity contribution < 1.29 is 13.2 Å². The third kappa shape index (κ3) is 5.80. The fourth-order valence-corrected chi connectivity index (χ4v) is 3.63. The molecular weight excluding hydrogens is 292 g/mol. The highest BCUT2D eigenvalue weighted by Gasteiger charge is 2.26. The minimum Gasteiger partial charge on any atom is -0.335 e. The number of piperidine rings is 1. The van der Waals surface area contributed by atoms with Gasteiger partial charge in [-0.2, -0.15) is 8.42 Å². The van der Waals surface area contributed by atoms with E-state index >= 15 is 0 Å². The van der Waals surface area contributed by atoms with Crippen LogP contribution in [0.3, 0.4) is 0 Å². The molecule has 0 spiro atoms. The molecule has 1 aliphatic heterocycles. The number of urea groups is 1. The lowest BCUT2D eigenvalue weighted by atomic mass is 9.95. The fraction of sp³-hybridized carbons (Fsp3) is 0.923. The Labute approximate surface area is 126 Å². The third-order valence-corrected chi connectivity index (χ3v) is 4.88. The molecule has 21 heavy (non-hydrogen) atoms. The van der Waals surface area contributed by atoms with Gasteiger partial charge in [-0.3, -0.25) is 0 Å². The maximum absolute atomic E-state index is 12.3. The van der Waals surface area contributed by atoms with Crippen molar-refractivity contribution in [1.82, 2.24) is 14.9 Å². The standard InChI is InChI=1S/C13H26N4O3S/c14-21(19,20)15-9-11-5-4-8-17(10-11)13(18)16-12-6-2-1-3-7-12/h11-12,15H,1-10H2,(H,16,18)(H2,14,19,20). The van der Waals surface area contributed by atoms with Crippen LogP contribution in [0.5, 0.6) is 0 Å². The van der Waals surface area contributed by atoms with E-state index < -0.39 is 10.2 Å². The van der Waals surface area contributed by atoms with Crippen LogP contribution in [0.1, 0.15) is 44.9 Å². The van der Waals surface area contributed by atoms with Crippen LogP contribution in [-0.2, 0) is 10.2 Å². The summed E-state index contributed by atoms with van der Waals surface area (Å²) in [6, 6.07) is 0.288. The van der Waals surface area contributed by atoms with Crippen molar-refractivity contribution in [2.45, 2.75) is 51.0 Å². The summed E-state index contributed by atoms with van der Waals surface area (Å²) in [5.74, 6) is 0.134. The normalized spacial score (nSPS) is 24.8. The predicted octanol–water partition coefficient (Wildman–Crippen LogP) is 0.534. The topological polar surface area (TPSA) is 105 Å². The first kappa shape index (κ1) is 16.5. The molecule has 2 aliphatic rings. The Kier molecular flexibility index (Phi) is 5.83. The molecule has 7 nitrogen and oxygen atoms in total. The van der Waals surface area contributed by atoms with E-state index in [0.717, 1.165) is 32.2 Å². The molecule has 2 amide bonds. The van der Waals surface area contributed by atoms with Gasteiger partial charge in [-0.15, -0.1) is 0 Å². The van der Waals surface area contributed by atoms with Gasteiger partial charge in [-0.25, -0.2) is 14.7 Å². The number of carbonyl (C=O) groups excluding carboxylic acids is 1. The van der Waals surface area contributed by atoms with E-state index in [1.807, 2.05) is 0 Å². The van der Waals surface area contributed by atoms with Gasteiger partial charge in [0.25, 0.3) is 10.2 Å². The number of hydrogen-bond acceptors (Lipinski definition) is 3. The maximum atomic E-state index is 12.3. The lowest BCUT2D eigenvalue weighted by Crippen LogP contribution is -2.50. The number of rotatable bonds is 4. The van der Waals surface area contributed by atoms with E-state index in [9.17, 15) is 13.2 Å². The van der Waals surface area contributed by atoms with Crippen LogP contribution in [0, 0.1) is 5.92 Å². The van der Waals surface area contributed by atoms with Crippen LogP contribution >= 0.6 is 0 Å². The third-order valence-electron chi connectivity index (χ3n) is 4.31. The lowest BCUT2D eigenvalue weighted by Gasteiger charge is -2.34. The fourth-order valence-electron chi connectivity index (χ4n) is 3.16. The molecule has 1 saturated heterocycles. The number of amides is 2. The monoisotopic (exact) mass is 318 g/mol. The first-order valence-corrected chi connectivity index (χ1v) is 9.31. The van der Waals surface area contributed by atoms with E-state index in [-0.39, 0.29) is 11.9 Å². The smallest absolute Gasteiger partial charge is 0.317 e. The summed E-state index contributed by atoms with van der Waals surface area (Å²) in [6.45, 7) is 1.62. The Bertz CT molecular complexity index is 448. The lowest BCUT2D eigenvalue weighted by molar-refractivity contribution is 0.160. The van der Waals surface area contributed by atoms with Crippen molar-refractivity contribution in [1.29, 1.82) is 0 Å². The van der Waals surface area contributed by atoms with E-state index in [0.29, 0.717) is 19.1 Å². The molecule has 1 heterocycles. The molecule has 0 aromatic carbocycles. The van der Waals surface area contributed by atoms with Crippen LogP contribution in [0.4, 0.5) is 4.79 Å². The van der Waals surface area contributed by atoms with Gasteiger partial charge in [-0.05, 0) is 31.6 Å². The quantitative estimate of drug-likeness (QED) is 0.704. The van der Waals surface area contributed by atoms with E-state index in [1.54, 1.807) is 4.90 Å². The molecule has 1 atom stereocenters. The minimum absolute atomic E-state index is 0.0118. The molecule has 2 fully saturated rings. The Morgan fingerprint density at radius 2 is 1.86 bits per heavy atom. The summed E-state index contributed by atoms with van der Waals surface area (Å²) >= 11 is 0. The van der Waals surface area contributed by atoms with Crippen molar-refractivity contribution in [3.05, 3.63) is 0 Å². The average Bonchev–Trinajstić information content (AvgIpc) is 2.46. The van der Waals surface area contributed by atoms with Gasteiger partial charge < -0.3 is 10.2 Å². The molecule has 1 aliphatic carbocycles.